The highest BCUT2D eigenvalue weighted by atomic mass is 35.5. The summed E-state index contributed by atoms with van der Waals surface area (Å²) in [6.45, 7) is 2.20. The standard InChI is InChI=1S/C14H18ClNO2/c1-9-5-10-7-11(18-2)3-4-12(10)13(6-9)16-14(17)8-15/h3-4,7,9,13H,5-6,8H2,1-2H3,(H,16,17). The van der Waals surface area contributed by atoms with Gasteiger partial charge < -0.3 is 10.1 Å². The summed E-state index contributed by atoms with van der Waals surface area (Å²) < 4.78 is 5.24. The fourth-order valence-corrected chi connectivity index (χ4v) is 2.66. The van der Waals surface area contributed by atoms with E-state index in [1.165, 1.54) is 11.1 Å². The number of methoxy groups -OCH3 is 1. The summed E-state index contributed by atoms with van der Waals surface area (Å²) in [6, 6.07) is 6.11. The van der Waals surface area contributed by atoms with Gasteiger partial charge in [-0.05, 0) is 42.0 Å². The minimum atomic E-state index is -0.113. The minimum absolute atomic E-state index is 0.0103. The Labute approximate surface area is 112 Å². The Kier molecular flexibility index (Phi) is 4.12. The number of hydrogen-bond acceptors (Lipinski definition) is 2. The molecular weight excluding hydrogens is 250 g/mol. The van der Waals surface area contributed by atoms with Crippen molar-refractivity contribution in [3.8, 4) is 5.75 Å². The Morgan fingerprint density at radius 1 is 1.56 bits per heavy atom. The van der Waals surface area contributed by atoms with Gasteiger partial charge in [-0.2, -0.15) is 0 Å². The third-order valence-electron chi connectivity index (χ3n) is 3.39. The van der Waals surface area contributed by atoms with Crippen LogP contribution in [0.5, 0.6) is 5.75 Å². The predicted molar refractivity (Wildman–Crippen MR) is 72.1 cm³/mol. The number of alkyl halides is 1. The second-order valence-electron chi connectivity index (χ2n) is 4.86. The third kappa shape index (κ3) is 2.78. The van der Waals surface area contributed by atoms with Crippen molar-refractivity contribution in [3.05, 3.63) is 29.3 Å². The van der Waals surface area contributed by atoms with Gasteiger partial charge in [-0.3, -0.25) is 4.79 Å². The van der Waals surface area contributed by atoms with Crippen molar-refractivity contribution in [2.24, 2.45) is 5.92 Å². The molecule has 1 aromatic rings. The molecule has 0 saturated heterocycles. The van der Waals surface area contributed by atoms with Gasteiger partial charge >= 0.3 is 0 Å². The van der Waals surface area contributed by atoms with Crippen LogP contribution in [0.25, 0.3) is 0 Å². The lowest BCUT2D eigenvalue weighted by Crippen LogP contribution is -2.33. The first kappa shape index (κ1) is 13.2. The largest absolute Gasteiger partial charge is 0.497 e. The average Bonchev–Trinajstić information content (AvgIpc) is 2.37. The Balaban J connectivity index is 2.27. The molecule has 18 heavy (non-hydrogen) atoms. The maximum absolute atomic E-state index is 11.5. The molecule has 0 radical (unpaired) electrons. The van der Waals surface area contributed by atoms with Crippen LogP contribution in [0.15, 0.2) is 18.2 Å². The van der Waals surface area contributed by atoms with Gasteiger partial charge in [0.2, 0.25) is 5.91 Å². The van der Waals surface area contributed by atoms with E-state index in [4.69, 9.17) is 16.3 Å². The van der Waals surface area contributed by atoms with Crippen molar-refractivity contribution >= 4 is 17.5 Å². The molecule has 2 unspecified atom stereocenters. The predicted octanol–water partition coefficient (Wildman–Crippen LogP) is 2.67. The monoisotopic (exact) mass is 267 g/mol. The average molecular weight is 268 g/mol. The lowest BCUT2D eigenvalue weighted by molar-refractivity contribution is -0.119. The van der Waals surface area contributed by atoms with E-state index in [2.05, 4.69) is 18.3 Å². The molecule has 4 heteroatoms. The van der Waals surface area contributed by atoms with Crippen LogP contribution >= 0.6 is 11.6 Å². The molecule has 0 saturated carbocycles. The summed E-state index contributed by atoms with van der Waals surface area (Å²) in [7, 11) is 1.67. The highest BCUT2D eigenvalue weighted by Crippen LogP contribution is 2.34. The number of rotatable bonds is 3. The number of benzene rings is 1. The van der Waals surface area contributed by atoms with E-state index < -0.39 is 0 Å². The number of ether oxygens (including phenoxy) is 1. The van der Waals surface area contributed by atoms with Crippen molar-refractivity contribution in [3.63, 3.8) is 0 Å². The van der Waals surface area contributed by atoms with Crippen molar-refractivity contribution in [1.82, 2.24) is 5.32 Å². The Morgan fingerprint density at radius 2 is 2.33 bits per heavy atom. The molecule has 1 aromatic carbocycles. The summed E-state index contributed by atoms with van der Waals surface area (Å²) in [6.07, 6.45) is 1.99. The van der Waals surface area contributed by atoms with Crippen LogP contribution in [0.3, 0.4) is 0 Å². The van der Waals surface area contributed by atoms with Gasteiger partial charge in [-0.15, -0.1) is 11.6 Å². The van der Waals surface area contributed by atoms with Crippen LogP contribution in [-0.4, -0.2) is 18.9 Å². The van der Waals surface area contributed by atoms with E-state index in [9.17, 15) is 4.79 Å². The molecule has 1 N–H and O–H groups in total. The van der Waals surface area contributed by atoms with E-state index in [0.29, 0.717) is 5.92 Å². The highest BCUT2D eigenvalue weighted by molar-refractivity contribution is 6.27. The van der Waals surface area contributed by atoms with Crippen LogP contribution < -0.4 is 10.1 Å². The molecule has 1 aliphatic carbocycles. The summed E-state index contributed by atoms with van der Waals surface area (Å²) >= 11 is 5.55. The molecule has 3 nitrogen and oxygen atoms in total. The normalized spacial score (nSPS) is 22.2. The molecule has 0 heterocycles. The van der Waals surface area contributed by atoms with Crippen LogP contribution in [0.2, 0.25) is 0 Å². The van der Waals surface area contributed by atoms with Crippen molar-refractivity contribution < 1.29 is 9.53 Å². The molecule has 2 atom stereocenters. The van der Waals surface area contributed by atoms with E-state index in [1.54, 1.807) is 7.11 Å². The zero-order valence-corrected chi connectivity index (χ0v) is 11.5. The van der Waals surface area contributed by atoms with E-state index >= 15 is 0 Å². The molecule has 0 aliphatic heterocycles. The zero-order chi connectivity index (χ0) is 13.1. The fraction of sp³-hybridized carbons (Fsp3) is 0.500. The van der Waals surface area contributed by atoms with Gasteiger partial charge in [0.05, 0.1) is 13.2 Å². The quantitative estimate of drug-likeness (QED) is 0.855. The topological polar surface area (TPSA) is 38.3 Å². The number of carbonyl (C=O) groups excluding carboxylic acids is 1. The number of nitrogens with one attached hydrogen (secondary N) is 1. The Hall–Kier alpha value is -1.22. The maximum atomic E-state index is 11.5. The number of amides is 1. The number of halogens is 1. The fourth-order valence-electron chi connectivity index (χ4n) is 2.58. The number of hydrogen-bond donors (Lipinski definition) is 1. The van der Waals surface area contributed by atoms with Gasteiger partial charge in [-0.1, -0.05) is 13.0 Å². The molecule has 98 valence electrons. The first-order valence-electron chi connectivity index (χ1n) is 6.16. The molecule has 2 rings (SSSR count). The summed E-state index contributed by atoms with van der Waals surface area (Å²) in [4.78, 5) is 11.5. The molecule has 0 aromatic heterocycles. The number of carbonyl (C=O) groups is 1. The SMILES string of the molecule is COc1ccc2c(c1)CC(C)CC2NC(=O)CCl. The van der Waals surface area contributed by atoms with Gasteiger partial charge in [0.25, 0.3) is 0 Å². The lowest BCUT2D eigenvalue weighted by Gasteiger charge is -2.30. The van der Waals surface area contributed by atoms with E-state index in [-0.39, 0.29) is 17.8 Å². The van der Waals surface area contributed by atoms with E-state index in [1.807, 2.05) is 12.1 Å². The summed E-state index contributed by atoms with van der Waals surface area (Å²) in [5, 5.41) is 2.98. The zero-order valence-electron chi connectivity index (χ0n) is 10.7. The number of fused-ring (bicyclic) bond motifs is 1. The second kappa shape index (κ2) is 5.61. The molecular formula is C14H18ClNO2. The molecule has 0 fully saturated rings. The molecule has 0 bridgehead atoms. The third-order valence-corrected chi connectivity index (χ3v) is 3.63. The summed E-state index contributed by atoms with van der Waals surface area (Å²) in [5.41, 5.74) is 2.44. The van der Waals surface area contributed by atoms with Crippen molar-refractivity contribution in [2.75, 3.05) is 13.0 Å². The van der Waals surface area contributed by atoms with Gasteiger partial charge in [0, 0.05) is 0 Å². The van der Waals surface area contributed by atoms with Crippen LogP contribution in [0.1, 0.15) is 30.5 Å². The first-order chi connectivity index (χ1) is 8.63. The first-order valence-corrected chi connectivity index (χ1v) is 6.69. The second-order valence-corrected chi connectivity index (χ2v) is 5.13. The van der Waals surface area contributed by atoms with Crippen LogP contribution in [-0.2, 0) is 11.2 Å². The molecule has 0 spiro atoms. The van der Waals surface area contributed by atoms with Crippen molar-refractivity contribution in [1.29, 1.82) is 0 Å². The van der Waals surface area contributed by atoms with Gasteiger partial charge in [0.15, 0.2) is 0 Å². The van der Waals surface area contributed by atoms with Crippen molar-refractivity contribution in [2.45, 2.75) is 25.8 Å². The van der Waals surface area contributed by atoms with Gasteiger partial charge in [0.1, 0.15) is 11.6 Å². The van der Waals surface area contributed by atoms with Gasteiger partial charge in [-0.25, -0.2) is 0 Å². The molecule has 1 aliphatic rings. The Morgan fingerprint density at radius 3 is 3.00 bits per heavy atom. The van der Waals surface area contributed by atoms with Crippen LogP contribution in [0, 0.1) is 5.92 Å². The summed E-state index contributed by atoms with van der Waals surface area (Å²) in [5.74, 6) is 1.31. The lowest BCUT2D eigenvalue weighted by atomic mass is 9.81. The molecule has 1 amide bonds. The van der Waals surface area contributed by atoms with Crippen LogP contribution in [0.4, 0.5) is 0 Å². The Bertz CT molecular complexity index is 447. The highest BCUT2D eigenvalue weighted by Gasteiger charge is 2.25. The van der Waals surface area contributed by atoms with E-state index in [0.717, 1.165) is 18.6 Å². The smallest absolute Gasteiger partial charge is 0.235 e. The minimum Gasteiger partial charge on any atom is -0.497 e. The maximum Gasteiger partial charge on any atom is 0.235 e.